The van der Waals surface area contributed by atoms with Crippen LogP contribution in [0.5, 0.6) is 0 Å². The summed E-state index contributed by atoms with van der Waals surface area (Å²) in [6.07, 6.45) is 4.85. The van der Waals surface area contributed by atoms with Gasteiger partial charge in [0.15, 0.2) is 9.84 Å². The van der Waals surface area contributed by atoms with E-state index in [1.165, 1.54) is 0 Å². The van der Waals surface area contributed by atoms with Crippen LogP contribution >= 0.6 is 0 Å². The third kappa shape index (κ3) is 5.21. The standard InChI is InChI=1S/C29H30N2O4S/c30-28(32)18-23-10-11-24(29(33)31-16-4-3-6-22-5-1-2-7-27(22)31)17-26(23)21-12-14-25(15-13-21)36(34,35)19-20-8-9-20/h1-2,5,7,10-15,17,20H,3-4,6,8-9,16,18-19H2,(H2,30,32). The number of nitrogens with zero attached hydrogens (tertiary/aromatic N) is 1. The maximum atomic E-state index is 13.7. The second-order valence-electron chi connectivity index (χ2n) is 9.81. The highest BCUT2D eigenvalue weighted by atomic mass is 32.2. The first-order valence-electron chi connectivity index (χ1n) is 12.5. The number of nitrogens with two attached hydrogens (primary N) is 1. The fourth-order valence-electron chi connectivity index (χ4n) is 4.91. The summed E-state index contributed by atoms with van der Waals surface area (Å²) in [5.41, 5.74) is 10.3. The molecule has 2 aliphatic rings. The van der Waals surface area contributed by atoms with Gasteiger partial charge in [0.2, 0.25) is 5.91 Å². The number of para-hydroxylation sites is 1. The summed E-state index contributed by atoms with van der Waals surface area (Å²) in [5, 5.41) is 0. The van der Waals surface area contributed by atoms with E-state index in [0.717, 1.165) is 48.9 Å². The zero-order valence-corrected chi connectivity index (χ0v) is 21.0. The summed E-state index contributed by atoms with van der Waals surface area (Å²) in [6.45, 7) is 0.641. The molecular weight excluding hydrogens is 472 g/mol. The molecular formula is C29H30N2O4S. The summed E-state index contributed by atoms with van der Waals surface area (Å²) in [7, 11) is -3.33. The zero-order chi connectivity index (χ0) is 25.3. The van der Waals surface area contributed by atoms with Crippen molar-refractivity contribution in [1.82, 2.24) is 0 Å². The lowest BCUT2D eigenvalue weighted by atomic mass is 9.94. The molecule has 6 nitrogen and oxygen atoms in total. The van der Waals surface area contributed by atoms with Crippen molar-refractivity contribution in [3.8, 4) is 11.1 Å². The first kappa shape index (κ1) is 24.3. The maximum Gasteiger partial charge on any atom is 0.258 e. The second-order valence-corrected chi connectivity index (χ2v) is 11.8. The molecule has 2 N–H and O–H groups in total. The Hall–Kier alpha value is -3.45. The van der Waals surface area contributed by atoms with Gasteiger partial charge in [-0.2, -0.15) is 0 Å². The van der Waals surface area contributed by atoms with Crippen molar-refractivity contribution in [2.45, 2.75) is 43.4 Å². The van der Waals surface area contributed by atoms with Crippen LogP contribution in [-0.2, 0) is 27.5 Å². The summed E-state index contributed by atoms with van der Waals surface area (Å²) in [4.78, 5) is 27.6. The maximum absolute atomic E-state index is 13.7. The number of hydrogen-bond donors (Lipinski definition) is 1. The molecule has 5 rings (SSSR count). The van der Waals surface area contributed by atoms with Gasteiger partial charge >= 0.3 is 0 Å². The van der Waals surface area contributed by atoms with Gasteiger partial charge in [-0.05, 0) is 90.6 Å². The molecule has 1 aliphatic carbocycles. The Balaban J connectivity index is 1.50. The quantitative estimate of drug-likeness (QED) is 0.513. The van der Waals surface area contributed by atoms with Gasteiger partial charge in [-0.25, -0.2) is 8.42 Å². The lowest BCUT2D eigenvalue weighted by molar-refractivity contribution is -0.117. The van der Waals surface area contributed by atoms with E-state index in [-0.39, 0.29) is 24.0 Å². The van der Waals surface area contributed by atoms with Gasteiger partial charge in [0.05, 0.1) is 17.1 Å². The molecule has 0 radical (unpaired) electrons. The van der Waals surface area contributed by atoms with Crippen LogP contribution in [0, 0.1) is 5.92 Å². The highest BCUT2D eigenvalue weighted by Crippen LogP contribution is 2.34. The Kier molecular flexibility index (Phi) is 6.67. The minimum Gasteiger partial charge on any atom is -0.369 e. The number of benzene rings is 3. The van der Waals surface area contributed by atoms with Crippen molar-refractivity contribution in [2.75, 3.05) is 17.2 Å². The number of amides is 2. The molecule has 186 valence electrons. The molecule has 0 atom stereocenters. The van der Waals surface area contributed by atoms with Crippen molar-refractivity contribution in [1.29, 1.82) is 0 Å². The largest absolute Gasteiger partial charge is 0.369 e. The van der Waals surface area contributed by atoms with E-state index in [4.69, 9.17) is 5.73 Å². The molecule has 3 aromatic carbocycles. The van der Waals surface area contributed by atoms with E-state index < -0.39 is 15.7 Å². The Morgan fingerprint density at radius 2 is 1.69 bits per heavy atom. The SMILES string of the molecule is NC(=O)Cc1ccc(C(=O)N2CCCCc3ccccc32)cc1-c1ccc(S(=O)(=O)CC2CC2)cc1. The molecule has 1 heterocycles. The molecule has 0 spiro atoms. The molecule has 2 amide bonds. The highest BCUT2D eigenvalue weighted by molar-refractivity contribution is 7.91. The highest BCUT2D eigenvalue weighted by Gasteiger charge is 2.29. The van der Waals surface area contributed by atoms with E-state index in [9.17, 15) is 18.0 Å². The third-order valence-corrected chi connectivity index (χ3v) is 8.90. The molecule has 1 saturated carbocycles. The molecule has 1 aliphatic heterocycles. The molecule has 3 aromatic rings. The van der Waals surface area contributed by atoms with Crippen LogP contribution < -0.4 is 10.6 Å². The van der Waals surface area contributed by atoms with Crippen molar-refractivity contribution < 1.29 is 18.0 Å². The number of aryl methyl sites for hydroxylation is 1. The van der Waals surface area contributed by atoms with Gasteiger partial charge in [-0.15, -0.1) is 0 Å². The van der Waals surface area contributed by atoms with Crippen molar-refractivity contribution in [3.05, 3.63) is 83.4 Å². The van der Waals surface area contributed by atoms with Crippen LogP contribution in [0.4, 0.5) is 5.69 Å². The van der Waals surface area contributed by atoms with E-state index in [0.29, 0.717) is 28.1 Å². The summed E-state index contributed by atoms with van der Waals surface area (Å²) < 4.78 is 25.4. The van der Waals surface area contributed by atoms with Gasteiger partial charge in [0.25, 0.3) is 5.91 Å². The number of fused-ring (bicyclic) bond motifs is 1. The summed E-state index contributed by atoms with van der Waals surface area (Å²) in [5.74, 6) is -0.121. The van der Waals surface area contributed by atoms with Crippen LogP contribution in [0.1, 0.15) is 47.2 Å². The number of primary amides is 1. The number of carbonyl (C=O) groups excluding carboxylic acids is 2. The van der Waals surface area contributed by atoms with Gasteiger partial charge < -0.3 is 10.6 Å². The minimum absolute atomic E-state index is 0.0259. The summed E-state index contributed by atoms with van der Waals surface area (Å²) >= 11 is 0. The van der Waals surface area contributed by atoms with Gasteiger partial charge in [0, 0.05) is 17.8 Å². The minimum atomic E-state index is -3.33. The van der Waals surface area contributed by atoms with Crippen LogP contribution in [-0.4, -0.2) is 32.5 Å². The van der Waals surface area contributed by atoms with Crippen molar-refractivity contribution >= 4 is 27.3 Å². The molecule has 7 heteroatoms. The van der Waals surface area contributed by atoms with E-state index >= 15 is 0 Å². The summed E-state index contributed by atoms with van der Waals surface area (Å²) in [6, 6.07) is 20.0. The molecule has 0 aromatic heterocycles. The van der Waals surface area contributed by atoms with Crippen molar-refractivity contribution in [2.24, 2.45) is 11.7 Å². The molecule has 0 bridgehead atoms. The second kappa shape index (κ2) is 9.90. The average Bonchev–Trinajstić information content (AvgIpc) is 3.69. The van der Waals surface area contributed by atoms with Crippen LogP contribution in [0.25, 0.3) is 11.1 Å². The lowest BCUT2D eigenvalue weighted by Gasteiger charge is -2.23. The monoisotopic (exact) mass is 502 g/mol. The van der Waals surface area contributed by atoms with E-state index in [2.05, 4.69) is 6.07 Å². The van der Waals surface area contributed by atoms with Gasteiger partial charge in [0.1, 0.15) is 0 Å². The fraction of sp³-hybridized carbons (Fsp3) is 0.310. The lowest BCUT2D eigenvalue weighted by Crippen LogP contribution is -2.31. The Labute approximate surface area is 212 Å². The number of anilines is 1. The van der Waals surface area contributed by atoms with Crippen LogP contribution in [0.3, 0.4) is 0 Å². The Morgan fingerprint density at radius 1 is 0.944 bits per heavy atom. The zero-order valence-electron chi connectivity index (χ0n) is 20.2. The van der Waals surface area contributed by atoms with Crippen LogP contribution in [0.2, 0.25) is 0 Å². The third-order valence-electron chi connectivity index (χ3n) is 7.00. The Morgan fingerprint density at radius 3 is 2.42 bits per heavy atom. The smallest absolute Gasteiger partial charge is 0.258 e. The van der Waals surface area contributed by atoms with Crippen LogP contribution in [0.15, 0.2) is 71.6 Å². The number of sulfone groups is 1. The normalized spacial score (nSPS) is 15.7. The molecule has 0 unspecified atom stereocenters. The number of rotatable bonds is 7. The molecule has 0 saturated heterocycles. The average molecular weight is 503 g/mol. The van der Waals surface area contributed by atoms with Gasteiger partial charge in [-0.3, -0.25) is 9.59 Å². The van der Waals surface area contributed by atoms with Crippen molar-refractivity contribution in [3.63, 3.8) is 0 Å². The number of carbonyl (C=O) groups is 2. The first-order valence-corrected chi connectivity index (χ1v) is 14.1. The van der Waals surface area contributed by atoms with Gasteiger partial charge in [-0.1, -0.05) is 36.4 Å². The predicted molar refractivity (Wildman–Crippen MR) is 141 cm³/mol. The first-order chi connectivity index (χ1) is 17.3. The number of hydrogen-bond acceptors (Lipinski definition) is 4. The predicted octanol–water partition coefficient (Wildman–Crippen LogP) is 4.55. The molecule has 1 fully saturated rings. The fourth-order valence-corrected chi connectivity index (χ4v) is 6.61. The topological polar surface area (TPSA) is 97.5 Å². The van der Waals surface area contributed by atoms with E-state index in [1.54, 1.807) is 42.5 Å². The van der Waals surface area contributed by atoms with E-state index in [1.807, 2.05) is 23.1 Å². The molecule has 36 heavy (non-hydrogen) atoms. The Bertz CT molecular complexity index is 1410.